The summed E-state index contributed by atoms with van der Waals surface area (Å²) in [7, 11) is 0. The number of carbonyl (C=O) groups is 2. The van der Waals surface area contributed by atoms with Crippen molar-refractivity contribution in [2.24, 2.45) is 5.92 Å². The van der Waals surface area contributed by atoms with Gasteiger partial charge in [-0.05, 0) is 25.2 Å². The third-order valence-corrected chi connectivity index (χ3v) is 8.75. The van der Waals surface area contributed by atoms with Gasteiger partial charge in [0, 0.05) is 13.0 Å². The smallest absolute Gasteiger partial charge is 0.242 e. The fourth-order valence-electron chi connectivity index (χ4n) is 5.92. The molecule has 0 aliphatic heterocycles. The number of amides is 2. The normalized spacial score (nSPS) is 12.8. The van der Waals surface area contributed by atoms with Gasteiger partial charge in [0.05, 0.1) is 0 Å². The van der Waals surface area contributed by atoms with Crippen molar-refractivity contribution in [3.8, 4) is 0 Å². The van der Waals surface area contributed by atoms with Crippen molar-refractivity contribution in [3.05, 3.63) is 0 Å². The van der Waals surface area contributed by atoms with Gasteiger partial charge in [0.15, 0.2) is 0 Å². The lowest BCUT2D eigenvalue weighted by atomic mass is 9.95. The van der Waals surface area contributed by atoms with Gasteiger partial charge in [-0.25, -0.2) is 0 Å². The van der Waals surface area contributed by atoms with E-state index in [0.717, 1.165) is 38.6 Å². The lowest BCUT2D eigenvalue weighted by Gasteiger charge is -2.24. The Morgan fingerprint density at radius 2 is 0.854 bits per heavy atom. The minimum atomic E-state index is -0.401. The lowest BCUT2D eigenvalue weighted by molar-refractivity contribution is -0.130. The SMILES string of the molecule is CCCCCCCCCCCCCCCCCC(=O)N[C@H](C(=O)NCCCCCCCCCCCC)C(C)CCC. The molecule has 0 aromatic carbocycles. The Balaban J connectivity index is 3.89. The van der Waals surface area contributed by atoms with Gasteiger partial charge in [-0.3, -0.25) is 9.59 Å². The summed E-state index contributed by atoms with van der Waals surface area (Å²) in [5.41, 5.74) is 0. The first-order chi connectivity index (χ1) is 20.1. The van der Waals surface area contributed by atoms with Crippen LogP contribution in [0.3, 0.4) is 0 Å². The first kappa shape index (κ1) is 39.9. The molecule has 0 aliphatic rings. The van der Waals surface area contributed by atoms with E-state index in [1.165, 1.54) is 141 Å². The Hall–Kier alpha value is -1.06. The summed E-state index contributed by atoms with van der Waals surface area (Å²) in [6.07, 6.45) is 35.4. The Labute approximate surface area is 257 Å². The number of rotatable bonds is 32. The zero-order valence-corrected chi connectivity index (χ0v) is 28.5. The third-order valence-electron chi connectivity index (χ3n) is 8.75. The van der Waals surface area contributed by atoms with Crippen LogP contribution in [-0.2, 0) is 9.59 Å². The van der Waals surface area contributed by atoms with E-state index >= 15 is 0 Å². The summed E-state index contributed by atoms with van der Waals surface area (Å²) in [6.45, 7) is 9.51. The first-order valence-electron chi connectivity index (χ1n) is 18.6. The Morgan fingerprint density at radius 1 is 0.488 bits per heavy atom. The monoisotopic (exact) mass is 579 g/mol. The fourth-order valence-corrected chi connectivity index (χ4v) is 5.92. The minimum absolute atomic E-state index is 0.00622. The van der Waals surface area contributed by atoms with Crippen LogP contribution in [0, 0.1) is 5.92 Å². The fraction of sp³-hybridized carbons (Fsp3) is 0.946. The largest absolute Gasteiger partial charge is 0.354 e. The summed E-state index contributed by atoms with van der Waals surface area (Å²) in [5, 5.41) is 6.21. The van der Waals surface area contributed by atoms with Gasteiger partial charge < -0.3 is 10.6 Å². The van der Waals surface area contributed by atoms with E-state index < -0.39 is 6.04 Å². The standard InChI is InChI=1S/C37H74N2O2/c1-5-8-10-12-14-16-18-19-20-21-22-23-25-27-29-32-35(40)39-36(34(4)31-7-3)37(41)38-33-30-28-26-24-17-15-13-11-9-6-2/h34,36H,5-33H2,1-4H3,(H,38,41)(H,39,40)/t34?,36-/m0/s1. The van der Waals surface area contributed by atoms with Crippen molar-refractivity contribution in [3.63, 3.8) is 0 Å². The molecule has 0 spiro atoms. The summed E-state index contributed by atoms with van der Waals surface area (Å²) >= 11 is 0. The highest BCUT2D eigenvalue weighted by atomic mass is 16.2. The van der Waals surface area contributed by atoms with E-state index in [9.17, 15) is 9.59 Å². The van der Waals surface area contributed by atoms with Crippen LogP contribution in [0.25, 0.3) is 0 Å². The Kier molecular flexibility index (Phi) is 31.0. The third kappa shape index (κ3) is 27.5. The molecule has 0 fully saturated rings. The zero-order valence-electron chi connectivity index (χ0n) is 28.5. The van der Waals surface area contributed by atoms with Gasteiger partial charge in [-0.15, -0.1) is 0 Å². The molecule has 4 nitrogen and oxygen atoms in total. The van der Waals surface area contributed by atoms with Gasteiger partial charge in [0.25, 0.3) is 0 Å². The van der Waals surface area contributed by atoms with Crippen molar-refractivity contribution >= 4 is 11.8 Å². The number of hydrogen-bond donors (Lipinski definition) is 2. The van der Waals surface area contributed by atoms with Gasteiger partial charge in [0.1, 0.15) is 6.04 Å². The van der Waals surface area contributed by atoms with Crippen molar-refractivity contribution in [2.45, 2.75) is 214 Å². The topological polar surface area (TPSA) is 58.2 Å². The maximum atomic E-state index is 12.9. The predicted octanol–water partition coefficient (Wildman–Crippen LogP) is 11.2. The van der Waals surface area contributed by atoms with Crippen LogP contribution in [0.15, 0.2) is 0 Å². The molecule has 244 valence electrons. The summed E-state index contributed by atoms with van der Waals surface area (Å²) in [5.74, 6) is 0.214. The Morgan fingerprint density at radius 3 is 1.24 bits per heavy atom. The van der Waals surface area contributed by atoms with Crippen LogP contribution in [0.4, 0.5) is 0 Å². The molecule has 0 bridgehead atoms. The van der Waals surface area contributed by atoms with E-state index in [2.05, 4.69) is 38.3 Å². The lowest BCUT2D eigenvalue weighted by Crippen LogP contribution is -2.50. The predicted molar refractivity (Wildman–Crippen MR) is 180 cm³/mol. The molecule has 0 aliphatic carbocycles. The summed E-state index contributed by atoms with van der Waals surface area (Å²) in [4.78, 5) is 25.6. The molecule has 0 radical (unpaired) electrons. The van der Waals surface area contributed by atoms with Crippen LogP contribution < -0.4 is 10.6 Å². The quantitative estimate of drug-likeness (QED) is 0.0780. The van der Waals surface area contributed by atoms with Gasteiger partial charge >= 0.3 is 0 Å². The first-order valence-corrected chi connectivity index (χ1v) is 18.6. The van der Waals surface area contributed by atoms with Crippen molar-refractivity contribution in [1.29, 1.82) is 0 Å². The molecule has 2 amide bonds. The van der Waals surface area contributed by atoms with Gasteiger partial charge in [-0.2, -0.15) is 0 Å². The van der Waals surface area contributed by atoms with Crippen LogP contribution in [0.2, 0.25) is 0 Å². The van der Waals surface area contributed by atoms with Crippen LogP contribution in [-0.4, -0.2) is 24.4 Å². The highest BCUT2D eigenvalue weighted by Gasteiger charge is 2.25. The van der Waals surface area contributed by atoms with E-state index in [0.29, 0.717) is 6.42 Å². The molecule has 0 aromatic heterocycles. The second kappa shape index (κ2) is 31.9. The van der Waals surface area contributed by atoms with Crippen molar-refractivity contribution in [1.82, 2.24) is 10.6 Å². The molecule has 0 saturated carbocycles. The van der Waals surface area contributed by atoms with E-state index in [4.69, 9.17) is 0 Å². The van der Waals surface area contributed by atoms with Crippen molar-refractivity contribution in [2.75, 3.05) is 6.54 Å². The maximum absolute atomic E-state index is 12.9. The highest BCUT2D eigenvalue weighted by Crippen LogP contribution is 2.15. The molecule has 2 N–H and O–H groups in total. The van der Waals surface area contributed by atoms with Gasteiger partial charge in [-0.1, -0.05) is 182 Å². The molecule has 0 rings (SSSR count). The number of carbonyl (C=O) groups excluding carboxylic acids is 2. The van der Waals surface area contributed by atoms with Crippen molar-refractivity contribution < 1.29 is 9.59 Å². The number of nitrogens with one attached hydrogen (secondary N) is 2. The molecule has 1 unspecified atom stereocenters. The van der Waals surface area contributed by atoms with Gasteiger partial charge in [0.2, 0.25) is 11.8 Å². The second-order valence-electron chi connectivity index (χ2n) is 13.0. The molecule has 0 saturated heterocycles. The average molecular weight is 579 g/mol. The molecule has 4 heteroatoms. The Bertz CT molecular complexity index is 565. The molecule has 0 aromatic rings. The zero-order chi connectivity index (χ0) is 30.2. The van der Waals surface area contributed by atoms with Crippen LogP contribution in [0.5, 0.6) is 0 Å². The highest BCUT2D eigenvalue weighted by molar-refractivity contribution is 5.87. The molecular formula is C37H74N2O2. The molecule has 0 heterocycles. The maximum Gasteiger partial charge on any atom is 0.242 e. The van der Waals surface area contributed by atoms with Crippen LogP contribution >= 0.6 is 0 Å². The number of hydrogen-bond acceptors (Lipinski definition) is 2. The average Bonchev–Trinajstić information content (AvgIpc) is 2.96. The van der Waals surface area contributed by atoms with E-state index in [1.807, 2.05) is 0 Å². The van der Waals surface area contributed by atoms with E-state index in [-0.39, 0.29) is 17.7 Å². The molecule has 2 atom stereocenters. The molecular weight excluding hydrogens is 504 g/mol. The van der Waals surface area contributed by atoms with E-state index in [1.54, 1.807) is 0 Å². The summed E-state index contributed by atoms with van der Waals surface area (Å²) < 4.78 is 0. The molecule has 41 heavy (non-hydrogen) atoms. The second-order valence-corrected chi connectivity index (χ2v) is 13.0. The van der Waals surface area contributed by atoms with Crippen LogP contribution in [0.1, 0.15) is 207 Å². The minimum Gasteiger partial charge on any atom is -0.354 e. The number of unbranched alkanes of at least 4 members (excludes halogenated alkanes) is 23. The summed E-state index contributed by atoms with van der Waals surface area (Å²) in [6, 6.07) is -0.401.